The number of morpholine rings is 1. The number of rotatable bonds is 7. The van der Waals surface area contributed by atoms with Gasteiger partial charge in [0.25, 0.3) is 0 Å². The number of aromatic nitrogens is 2. The number of nitrogens with one attached hydrogen (secondary N) is 1. The van der Waals surface area contributed by atoms with Crippen molar-refractivity contribution in [1.29, 1.82) is 0 Å². The fourth-order valence-electron chi connectivity index (χ4n) is 3.08. The highest BCUT2D eigenvalue weighted by atomic mass is 16.6. The average molecular weight is 373 g/mol. The maximum Gasteiger partial charge on any atom is 0.307 e. The molecule has 0 bridgehead atoms. The number of nitrogens with zero attached hydrogens (tertiary/aromatic N) is 4. The largest absolute Gasteiger partial charge is 0.379 e. The lowest BCUT2D eigenvalue weighted by Crippen LogP contribution is -2.35. The average Bonchev–Trinajstić information content (AvgIpc) is 3.13. The Balaban J connectivity index is 1.66. The van der Waals surface area contributed by atoms with Crippen LogP contribution in [-0.4, -0.2) is 51.8 Å². The number of nitro groups is 1. The fraction of sp³-hybridized carbons (Fsp3) is 0.444. The molecule has 144 valence electrons. The zero-order valence-corrected chi connectivity index (χ0v) is 15.2. The van der Waals surface area contributed by atoms with E-state index in [9.17, 15) is 14.9 Å². The van der Waals surface area contributed by atoms with E-state index in [1.54, 1.807) is 0 Å². The van der Waals surface area contributed by atoms with Crippen LogP contribution in [0.4, 0.5) is 11.4 Å². The molecule has 1 unspecified atom stereocenters. The third-order valence-corrected chi connectivity index (χ3v) is 4.51. The van der Waals surface area contributed by atoms with Crippen LogP contribution in [0.25, 0.3) is 0 Å². The predicted molar refractivity (Wildman–Crippen MR) is 99.4 cm³/mol. The summed E-state index contributed by atoms with van der Waals surface area (Å²) in [6.07, 6.45) is 2.90. The molecule has 3 rings (SSSR count). The predicted octanol–water partition coefficient (Wildman–Crippen LogP) is 2.21. The summed E-state index contributed by atoms with van der Waals surface area (Å²) in [6, 6.07) is 7.11. The van der Waals surface area contributed by atoms with E-state index >= 15 is 0 Å². The molecule has 1 aliphatic rings. The van der Waals surface area contributed by atoms with Gasteiger partial charge < -0.3 is 10.1 Å². The van der Waals surface area contributed by atoms with Crippen molar-refractivity contribution in [2.75, 3.05) is 31.6 Å². The van der Waals surface area contributed by atoms with Crippen LogP contribution in [0.3, 0.4) is 0 Å². The van der Waals surface area contributed by atoms with E-state index in [1.807, 2.05) is 31.2 Å². The highest BCUT2D eigenvalue weighted by Gasteiger charge is 2.22. The highest BCUT2D eigenvalue weighted by Crippen LogP contribution is 2.19. The van der Waals surface area contributed by atoms with Gasteiger partial charge in [-0.25, -0.2) is 0 Å². The lowest BCUT2D eigenvalue weighted by molar-refractivity contribution is -0.385. The molecule has 2 aromatic rings. The Hall–Kier alpha value is -2.78. The Morgan fingerprint density at radius 1 is 1.41 bits per heavy atom. The summed E-state index contributed by atoms with van der Waals surface area (Å²) < 4.78 is 6.70. The van der Waals surface area contributed by atoms with Gasteiger partial charge in [-0.3, -0.25) is 24.5 Å². The first-order chi connectivity index (χ1) is 13.1. The first kappa shape index (κ1) is 19.0. The quantitative estimate of drug-likeness (QED) is 0.590. The van der Waals surface area contributed by atoms with Crippen LogP contribution in [0.5, 0.6) is 0 Å². The Kier molecular flexibility index (Phi) is 6.15. The van der Waals surface area contributed by atoms with Gasteiger partial charge in [0.15, 0.2) is 0 Å². The van der Waals surface area contributed by atoms with E-state index in [1.165, 1.54) is 10.9 Å². The molecule has 1 aliphatic heterocycles. The van der Waals surface area contributed by atoms with E-state index in [4.69, 9.17) is 4.74 Å². The first-order valence-corrected chi connectivity index (χ1v) is 8.95. The molecule has 0 spiro atoms. The second-order valence-electron chi connectivity index (χ2n) is 6.44. The van der Waals surface area contributed by atoms with Crippen LogP contribution in [0.1, 0.15) is 24.9 Å². The van der Waals surface area contributed by atoms with Gasteiger partial charge in [0.05, 0.1) is 18.1 Å². The van der Waals surface area contributed by atoms with Gasteiger partial charge in [-0.15, -0.1) is 0 Å². The number of carbonyl (C=O) groups is 1. The van der Waals surface area contributed by atoms with Crippen LogP contribution in [0, 0.1) is 10.1 Å². The minimum Gasteiger partial charge on any atom is -0.379 e. The molecule has 1 N–H and O–H groups in total. The summed E-state index contributed by atoms with van der Waals surface area (Å²) in [7, 11) is 0. The number of hydrogen-bond acceptors (Lipinski definition) is 6. The van der Waals surface area contributed by atoms with Gasteiger partial charge in [-0.1, -0.05) is 19.1 Å². The standard InChI is InChI=1S/C18H23N5O4/c1-2-17(22-13-16(11-19-22)23(25)26)18(24)20-15-5-3-4-14(10-15)12-21-6-8-27-9-7-21/h3-5,10-11,13,17H,2,6-9,12H2,1H3,(H,20,24). The number of hydrogen-bond donors (Lipinski definition) is 1. The molecule has 1 aromatic carbocycles. The molecule has 2 heterocycles. The third kappa shape index (κ3) is 4.89. The lowest BCUT2D eigenvalue weighted by atomic mass is 10.1. The van der Waals surface area contributed by atoms with E-state index in [-0.39, 0.29) is 11.6 Å². The maximum absolute atomic E-state index is 12.7. The molecule has 0 saturated carbocycles. The number of anilines is 1. The smallest absolute Gasteiger partial charge is 0.307 e. The van der Waals surface area contributed by atoms with Crippen LogP contribution in [0.15, 0.2) is 36.7 Å². The Labute approximate surface area is 157 Å². The monoisotopic (exact) mass is 373 g/mol. The van der Waals surface area contributed by atoms with Crippen molar-refractivity contribution in [2.24, 2.45) is 0 Å². The topological polar surface area (TPSA) is 103 Å². The summed E-state index contributed by atoms with van der Waals surface area (Å²) in [5, 5.41) is 17.7. The summed E-state index contributed by atoms with van der Waals surface area (Å²) in [6.45, 7) is 5.91. The minimum atomic E-state index is -0.610. The number of carbonyl (C=O) groups excluding carboxylic acids is 1. The second-order valence-corrected chi connectivity index (χ2v) is 6.44. The summed E-state index contributed by atoms with van der Waals surface area (Å²) >= 11 is 0. The van der Waals surface area contributed by atoms with E-state index < -0.39 is 11.0 Å². The van der Waals surface area contributed by atoms with Crippen molar-refractivity contribution in [3.63, 3.8) is 0 Å². The van der Waals surface area contributed by atoms with Crippen molar-refractivity contribution in [1.82, 2.24) is 14.7 Å². The van der Waals surface area contributed by atoms with Gasteiger partial charge in [-0.2, -0.15) is 5.10 Å². The summed E-state index contributed by atoms with van der Waals surface area (Å²) in [5.41, 5.74) is 1.68. The molecule has 27 heavy (non-hydrogen) atoms. The van der Waals surface area contributed by atoms with E-state index in [0.717, 1.165) is 44.6 Å². The van der Waals surface area contributed by atoms with Gasteiger partial charge in [-0.05, 0) is 24.1 Å². The zero-order chi connectivity index (χ0) is 19.2. The molecule has 0 aliphatic carbocycles. The van der Waals surface area contributed by atoms with Gasteiger partial charge in [0.2, 0.25) is 5.91 Å². The molecular formula is C18H23N5O4. The van der Waals surface area contributed by atoms with Gasteiger partial charge in [0, 0.05) is 25.3 Å². The maximum atomic E-state index is 12.7. The Morgan fingerprint density at radius 2 is 2.19 bits per heavy atom. The van der Waals surface area contributed by atoms with E-state index in [0.29, 0.717) is 12.1 Å². The molecule has 1 saturated heterocycles. The minimum absolute atomic E-state index is 0.131. The van der Waals surface area contributed by atoms with Crippen LogP contribution >= 0.6 is 0 Å². The number of benzene rings is 1. The van der Waals surface area contributed by atoms with Crippen molar-refractivity contribution in [3.05, 3.63) is 52.3 Å². The SMILES string of the molecule is CCC(C(=O)Nc1cccc(CN2CCOCC2)c1)n1cc([N+](=O)[O-])cn1. The van der Waals surface area contributed by atoms with Crippen LogP contribution < -0.4 is 5.32 Å². The van der Waals surface area contributed by atoms with Crippen molar-refractivity contribution in [2.45, 2.75) is 25.9 Å². The summed E-state index contributed by atoms with van der Waals surface area (Å²) in [5.74, 6) is -0.251. The van der Waals surface area contributed by atoms with Crippen LogP contribution in [0.2, 0.25) is 0 Å². The van der Waals surface area contributed by atoms with E-state index in [2.05, 4.69) is 15.3 Å². The van der Waals surface area contributed by atoms with Crippen LogP contribution in [-0.2, 0) is 16.1 Å². The third-order valence-electron chi connectivity index (χ3n) is 4.51. The zero-order valence-electron chi connectivity index (χ0n) is 15.2. The number of amides is 1. The molecule has 1 aromatic heterocycles. The number of ether oxygens (including phenoxy) is 1. The lowest BCUT2D eigenvalue weighted by Gasteiger charge is -2.26. The fourth-order valence-corrected chi connectivity index (χ4v) is 3.08. The first-order valence-electron chi connectivity index (χ1n) is 8.95. The Morgan fingerprint density at radius 3 is 2.85 bits per heavy atom. The molecule has 9 nitrogen and oxygen atoms in total. The van der Waals surface area contributed by atoms with Gasteiger partial charge in [0.1, 0.15) is 18.4 Å². The Bertz CT molecular complexity index is 801. The van der Waals surface area contributed by atoms with Crippen molar-refractivity contribution in [3.8, 4) is 0 Å². The second kappa shape index (κ2) is 8.74. The van der Waals surface area contributed by atoms with Crippen molar-refractivity contribution >= 4 is 17.3 Å². The summed E-state index contributed by atoms with van der Waals surface area (Å²) in [4.78, 5) is 25.3. The molecule has 1 amide bonds. The molecular weight excluding hydrogens is 350 g/mol. The van der Waals surface area contributed by atoms with Gasteiger partial charge >= 0.3 is 5.69 Å². The molecule has 1 fully saturated rings. The van der Waals surface area contributed by atoms with Crippen molar-refractivity contribution < 1.29 is 14.5 Å². The molecule has 0 radical (unpaired) electrons. The molecule has 1 atom stereocenters. The normalized spacial score (nSPS) is 16.0. The molecule has 9 heteroatoms. The highest BCUT2D eigenvalue weighted by molar-refractivity contribution is 5.93.